The second-order valence-corrected chi connectivity index (χ2v) is 0.542. The van der Waals surface area contributed by atoms with Gasteiger partial charge in [0.05, 0.1) is 0 Å². The Labute approximate surface area is 63.8 Å². The number of carboxylic acids is 1. The third-order valence-electron chi connectivity index (χ3n) is 0.175. The van der Waals surface area contributed by atoms with Crippen molar-refractivity contribution in [1.82, 2.24) is 0 Å². The zero-order valence-corrected chi connectivity index (χ0v) is 6.84. The van der Waals surface area contributed by atoms with Crippen molar-refractivity contribution in [3.8, 4) is 0 Å². The molecule has 0 bridgehead atoms. The molecular formula is C3H4LaO2. The van der Waals surface area contributed by atoms with Crippen molar-refractivity contribution in [3.05, 3.63) is 12.7 Å². The molecular weight excluding hydrogens is 207 g/mol. The largest absolute Gasteiger partial charge is 0.478 e. The van der Waals surface area contributed by atoms with Crippen molar-refractivity contribution < 1.29 is 45.5 Å². The van der Waals surface area contributed by atoms with Gasteiger partial charge in [0.2, 0.25) is 0 Å². The van der Waals surface area contributed by atoms with E-state index in [9.17, 15) is 4.79 Å². The summed E-state index contributed by atoms with van der Waals surface area (Å²) in [6.45, 7) is 2.96. The minimum absolute atomic E-state index is 0. The maximum atomic E-state index is 9.25. The summed E-state index contributed by atoms with van der Waals surface area (Å²) >= 11 is 0. The first-order chi connectivity index (χ1) is 2.27. The number of aliphatic carboxylic acids is 1. The van der Waals surface area contributed by atoms with E-state index >= 15 is 0 Å². The van der Waals surface area contributed by atoms with Gasteiger partial charge in [-0.2, -0.15) is 0 Å². The normalized spacial score (nSPS) is 5.33. The van der Waals surface area contributed by atoms with Crippen LogP contribution >= 0.6 is 0 Å². The van der Waals surface area contributed by atoms with Crippen LogP contribution in [0.2, 0.25) is 0 Å². The Balaban J connectivity index is 0. The van der Waals surface area contributed by atoms with Crippen LogP contribution in [0.25, 0.3) is 0 Å². The van der Waals surface area contributed by atoms with Gasteiger partial charge in [-0.05, 0) is 0 Å². The number of carbonyl (C=O) groups is 1. The molecule has 0 spiro atoms. The molecule has 0 aliphatic carbocycles. The Bertz CT molecular complexity index is 59.8. The molecule has 31 valence electrons. The predicted molar refractivity (Wildman–Crippen MR) is 17.8 cm³/mol. The van der Waals surface area contributed by atoms with E-state index in [-0.39, 0.29) is 35.6 Å². The van der Waals surface area contributed by atoms with Gasteiger partial charge >= 0.3 is 5.97 Å². The number of carboxylic acid groups (broad SMARTS) is 1. The first-order valence-corrected chi connectivity index (χ1v) is 1.12. The van der Waals surface area contributed by atoms with Crippen LogP contribution in [-0.2, 0) is 4.79 Å². The molecule has 0 aromatic rings. The predicted octanol–water partition coefficient (Wildman–Crippen LogP) is 0.257. The van der Waals surface area contributed by atoms with Crippen LogP contribution in [0.4, 0.5) is 0 Å². The zero-order chi connectivity index (χ0) is 4.28. The summed E-state index contributed by atoms with van der Waals surface area (Å²) in [6.07, 6.45) is 0.833. The molecule has 0 heterocycles. The molecule has 6 heavy (non-hydrogen) atoms. The SMILES string of the molecule is C=CC(=O)O.[La]. The number of hydrogen-bond donors (Lipinski definition) is 1. The van der Waals surface area contributed by atoms with Crippen LogP contribution in [0.1, 0.15) is 0 Å². The van der Waals surface area contributed by atoms with E-state index in [0.717, 1.165) is 6.08 Å². The van der Waals surface area contributed by atoms with Gasteiger partial charge in [0.25, 0.3) is 0 Å². The molecule has 0 atom stereocenters. The van der Waals surface area contributed by atoms with Crippen molar-refractivity contribution in [2.75, 3.05) is 0 Å². The minimum Gasteiger partial charge on any atom is -0.478 e. The maximum absolute atomic E-state index is 9.25. The molecule has 0 amide bonds. The molecule has 0 saturated carbocycles. The summed E-state index contributed by atoms with van der Waals surface area (Å²) in [5, 5.41) is 7.60. The molecule has 0 aliphatic heterocycles. The number of rotatable bonds is 1. The van der Waals surface area contributed by atoms with E-state index in [4.69, 9.17) is 5.11 Å². The maximum Gasteiger partial charge on any atom is 0.327 e. The van der Waals surface area contributed by atoms with Gasteiger partial charge in [-0.1, -0.05) is 6.58 Å². The van der Waals surface area contributed by atoms with Crippen molar-refractivity contribution >= 4 is 5.97 Å². The molecule has 0 fully saturated rings. The fraction of sp³-hybridized carbons (Fsp3) is 0. The summed E-state index contributed by atoms with van der Waals surface area (Å²) in [6, 6.07) is 0. The molecule has 3 heteroatoms. The van der Waals surface area contributed by atoms with E-state index in [1.807, 2.05) is 0 Å². The Hall–Kier alpha value is 0.405. The van der Waals surface area contributed by atoms with Crippen LogP contribution in [0.15, 0.2) is 12.7 Å². The monoisotopic (exact) mass is 211 g/mol. The second kappa shape index (κ2) is 5.40. The molecule has 1 radical (unpaired) electrons. The Kier molecular flexibility index (Phi) is 8.69. The Morgan fingerprint density at radius 1 is 1.83 bits per heavy atom. The third kappa shape index (κ3) is 8.83. The van der Waals surface area contributed by atoms with Gasteiger partial charge < -0.3 is 5.11 Å². The summed E-state index contributed by atoms with van der Waals surface area (Å²) in [7, 11) is 0. The van der Waals surface area contributed by atoms with E-state index in [1.54, 1.807) is 0 Å². The fourth-order valence-corrected chi connectivity index (χ4v) is 0. The van der Waals surface area contributed by atoms with Crippen LogP contribution < -0.4 is 0 Å². The van der Waals surface area contributed by atoms with Gasteiger partial charge in [0, 0.05) is 41.7 Å². The summed E-state index contributed by atoms with van der Waals surface area (Å²) in [5.74, 6) is -0.981. The smallest absolute Gasteiger partial charge is 0.327 e. The van der Waals surface area contributed by atoms with Crippen LogP contribution in [0.5, 0.6) is 0 Å². The van der Waals surface area contributed by atoms with Gasteiger partial charge in [-0.3, -0.25) is 0 Å². The average Bonchev–Trinajstić information content (AvgIpc) is 1.38. The second-order valence-electron chi connectivity index (χ2n) is 0.542. The molecule has 0 aliphatic rings. The molecule has 0 aromatic heterocycles. The van der Waals surface area contributed by atoms with Crippen molar-refractivity contribution in [2.45, 2.75) is 0 Å². The quantitative estimate of drug-likeness (QED) is 0.631. The molecule has 0 saturated heterocycles. The van der Waals surface area contributed by atoms with Gasteiger partial charge in [-0.15, -0.1) is 0 Å². The molecule has 0 rings (SSSR count). The van der Waals surface area contributed by atoms with Gasteiger partial charge in [0.1, 0.15) is 0 Å². The van der Waals surface area contributed by atoms with Crippen molar-refractivity contribution in [2.24, 2.45) is 0 Å². The minimum atomic E-state index is -0.981. The molecule has 0 unspecified atom stereocenters. The van der Waals surface area contributed by atoms with Gasteiger partial charge in [-0.25, -0.2) is 4.79 Å². The topological polar surface area (TPSA) is 37.3 Å². The molecule has 2 nitrogen and oxygen atoms in total. The summed E-state index contributed by atoms with van der Waals surface area (Å²) in [4.78, 5) is 9.25. The standard InChI is InChI=1S/C3H4O2.La/c1-2-3(4)5;/h2H,1H2,(H,4,5);. The van der Waals surface area contributed by atoms with Crippen LogP contribution in [-0.4, -0.2) is 11.1 Å². The van der Waals surface area contributed by atoms with E-state index in [1.165, 1.54) is 0 Å². The van der Waals surface area contributed by atoms with E-state index in [2.05, 4.69) is 6.58 Å². The third-order valence-corrected chi connectivity index (χ3v) is 0.175. The fourth-order valence-electron chi connectivity index (χ4n) is 0. The molecule has 1 N–H and O–H groups in total. The van der Waals surface area contributed by atoms with Crippen molar-refractivity contribution in [1.29, 1.82) is 0 Å². The van der Waals surface area contributed by atoms with Crippen molar-refractivity contribution in [3.63, 3.8) is 0 Å². The van der Waals surface area contributed by atoms with E-state index in [0.29, 0.717) is 0 Å². The Morgan fingerprint density at radius 3 is 2.00 bits per heavy atom. The Morgan fingerprint density at radius 2 is 2.00 bits per heavy atom. The van der Waals surface area contributed by atoms with Crippen LogP contribution in [0, 0.1) is 35.6 Å². The molecule has 0 aromatic carbocycles. The number of hydrogen-bond acceptors (Lipinski definition) is 1. The van der Waals surface area contributed by atoms with Crippen LogP contribution in [0.3, 0.4) is 0 Å². The van der Waals surface area contributed by atoms with Gasteiger partial charge in [0.15, 0.2) is 0 Å². The zero-order valence-electron chi connectivity index (χ0n) is 3.22. The average molecular weight is 211 g/mol. The summed E-state index contributed by atoms with van der Waals surface area (Å²) in [5.41, 5.74) is 0. The first kappa shape index (κ1) is 9.64. The summed E-state index contributed by atoms with van der Waals surface area (Å²) < 4.78 is 0. The first-order valence-electron chi connectivity index (χ1n) is 1.12. The van der Waals surface area contributed by atoms with E-state index < -0.39 is 5.97 Å².